The second kappa shape index (κ2) is 14.0. The van der Waals surface area contributed by atoms with Crippen LogP contribution >= 0.6 is 11.3 Å². The molecule has 0 atom stereocenters. The Labute approximate surface area is 270 Å². The Kier molecular flexibility index (Phi) is 10.5. The molecule has 10 heteroatoms. The molecule has 4 aromatic rings. The van der Waals surface area contributed by atoms with Crippen LogP contribution in [0.2, 0.25) is 0 Å². The Morgan fingerprint density at radius 1 is 0.867 bits per heavy atom. The van der Waals surface area contributed by atoms with Crippen molar-refractivity contribution in [2.75, 3.05) is 36.6 Å². The third kappa shape index (κ3) is 9.02. The third-order valence-corrected chi connectivity index (χ3v) is 7.71. The molecule has 0 radical (unpaired) electrons. The number of carbonyl (C=O) groups excluding carboxylic acids is 2. The number of benzene rings is 2. The number of fused-ring (bicyclic) bond motifs is 1. The summed E-state index contributed by atoms with van der Waals surface area (Å²) in [5, 5.41) is 0.897. The Balaban J connectivity index is 1.55. The second-order valence-corrected chi connectivity index (χ2v) is 13.9. The van der Waals surface area contributed by atoms with Gasteiger partial charge in [0.05, 0.1) is 23.4 Å². The Bertz CT molecular complexity index is 1640. The molecule has 0 N–H and O–H groups in total. The van der Waals surface area contributed by atoms with Crippen LogP contribution in [0.4, 0.5) is 21.1 Å². The van der Waals surface area contributed by atoms with E-state index in [2.05, 4.69) is 37.0 Å². The average molecular weight is 633 g/mol. The lowest BCUT2D eigenvalue weighted by atomic mass is 10.0. The van der Waals surface area contributed by atoms with E-state index in [1.807, 2.05) is 71.9 Å². The zero-order valence-corrected chi connectivity index (χ0v) is 28.6. The molecule has 0 bridgehead atoms. The van der Waals surface area contributed by atoms with Crippen LogP contribution in [-0.4, -0.2) is 60.2 Å². The molecule has 45 heavy (non-hydrogen) atoms. The van der Waals surface area contributed by atoms with E-state index in [-0.39, 0.29) is 0 Å². The summed E-state index contributed by atoms with van der Waals surface area (Å²) in [6.07, 6.45) is 1.81. The first-order chi connectivity index (χ1) is 21.1. The fourth-order valence-electron chi connectivity index (χ4n) is 4.50. The molecule has 2 aromatic heterocycles. The second-order valence-electron chi connectivity index (χ2n) is 12.9. The lowest BCUT2D eigenvalue weighted by Crippen LogP contribution is -2.38. The molecule has 0 aliphatic carbocycles. The molecule has 2 aromatic carbocycles. The van der Waals surface area contributed by atoms with Crippen molar-refractivity contribution in [2.45, 2.75) is 73.0 Å². The van der Waals surface area contributed by atoms with Crippen molar-refractivity contribution >= 4 is 45.2 Å². The van der Waals surface area contributed by atoms with E-state index < -0.39 is 23.4 Å². The van der Waals surface area contributed by atoms with Gasteiger partial charge in [0, 0.05) is 36.7 Å². The normalized spacial score (nSPS) is 11.8. The van der Waals surface area contributed by atoms with E-state index in [1.165, 1.54) is 4.90 Å². The van der Waals surface area contributed by atoms with Crippen molar-refractivity contribution in [3.8, 4) is 21.7 Å². The summed E-state index contributed by atoms with van der Waals surface area (Å²) in [5.41, 5.74) is 4.47. The number of rotatable bonds is 9. The van der Waals surface area contributed by atoms with Gasteiger partial charge >= 0.3 is 12.2 Å². The van der Waals surface area contributed by atoms with E-state index in [4.69, 9.17) is 19.2 Å². The molecule has 0 saturated carbocycles. The summed E-state index contributed by atoms with van der Waals surface area (Å²) in [5.74, 6) is 0.508. The summed E-state index contributed by atoms with van der Waals surface area (Å²) in [6, 6.07) is 15.8. The molecule has 4 rings (SSSR count). The van der Waals surface area contributed by atoms with Gasteiger partial charge in [-0.25, -0.2) is 19.6 Å². The highest BCUT2D eigenvalue weighted by Gasteiger charge is 2.24. The van der Waals surface area contributed by atoms with Gasteiger partial charge in [0.2, 0.25) is 0 Å². The van der Waals surface area contributed by atoms with Crippen LogP contribution in [0.5, 0.6) is 0 Å². The smallest absolute Gasteiger partial charge is 0.415 e. The lowest BCUT2D eigenvalue weighted by Gasteiger charge is -2.27. The predicted molar refractivity (Wildman–Crippen MR) is 182 cm³/mol. The quantitative estimate of drug-likeness (QED) is 0.170. The van der Waals surface area contributed by atoms with Gasteiger partial charge in [0.1, 0.15) is 22.0 Å². The Hall–Kier alpha value is -4.02. The van der Waals surface area contributed by atoms with Crippen molar-refractivity contribution in [2.24, 2.45) is 0 Å². The Morgan fingerprint density at radius 2 is 1.56 bits per heavy atom. The number of carbonyl (C=O) groups is 2. The molecular formula is C35H44N4O5S. The number of aryl methyl sites for hydroxylation is 1. The minimum atomic E-state index is -0.612. The largest absolute Gasteiger partial charge is 0.443 e. The van der Waals surface area contributed by atoms with Crippen molar-refractivity contribution < 1.29 is 23.8 Å². The number of thiazole rings is 1. The standard InChI is InChI=1S/C35H44N4O5S/c1-10-18-42-19-17-39(33(41)44-35(6,7)8)26-13-15-28-29(21-26)45-31(37-28)27-14-11-24(20-23(27)2)25-12-16-30(36-22-25)38(9)32(40)43-34(3,4)5/h11-16,20-22H,10,17-19H2,1-9H3. The van der Waals surface area contributed by atoms with Crippen LogP contribution in [-0.2, 0) is 14.2 Å². The highest BCUT2D eigenvalue weighted by atomic mass is 32.1. The number of hydrogen-bond donors (Lipinski definition) is 0. The molecule has 0 spiro atoms. The maximum atomic E-state index is 13.1. The van der Waals surface area contributed by atoms with Gasteiger partial charge in [-0.15, -0.1) is 11.3 Å². The molecule has 240 valence electrons. The van der Waals surface area contributed by atoms with Gasteiger partial charge in [-0.1, -0.05) is 25.1 Å². The molecular weight excluding hydrogens is 588 g/mol. The SMILES string of the molecule is CCCOCCN(C(=O)OC(C)(C)C)c1ccc2nc(-c3ccc(-c4ccc(N(C)C(=O)OC(C)(C)C)nc4)cc3C)sc2c1. The van der Waals surface area contributed by atoms with E-state index >= 15 is 0 Å². The van der Waals surface area contributed by atoms with Gasteiger partial charge in [0.25, 0.3) is 0 Å². The summed E-state index contributed by atoms with van der Waals surface area (Å²) in [7, 11) is 1.65. The van der Waals surface area contributed by atoms with Crippen LogP contribution < -0.4 is 9.80 Å². The van der Waals surface area contributed by atoms with Gasteiger partial charge in [0.15, 0.2) is 0 Å². The number of amides is 2. The highest BCUT2D eigenvalue weighted by molar-refractivity contribution is 7.21. The molecule has 0 aliphatic rings. The minimum Gasteiger partial charge on any atom is -0.443 e. The number of anilines is 2. The van der Waals surface area contributed by atoms with Crippen LogP contribution in [0.1, 0.15) is 60.5 Å². The van der Waals surface area contributed by atoms with Crippen molar-refractivity contribution in [3.63, 3.8) is 0 Å². The van der Waals surface area contributed by atoms with Crippen LogP contribution in [0, 0.1) is 6.92 Å². The summed E-state index contributed by atoms with van der Waals surface area (Å²) in [4.78, 5) is 38.0. The maximum absolute atomic E-state index is 13.1. The van der Waals surface area contributed by atoms with Crippen molar-refractivity contribution in [1.29, 1.82) is 0 Å². The first-order valence-corrected chi connectivity index (χ1v) is 16.0. The van der Waals surface area contributed by atoms with E-state index in [0.717, 1.165) is 49.6 Å². The molecule has 0 fully saturated rings. The molecule has 2 heterocycles. The van der Waals surface area contributed by atoms with Gasteiger partial charge in [-0.3, -0.25) is 9.80 Å². The third-order valence-electron chi connectivity index (χ3n) is 6.65. The first kappa shape index (κ1) is 33.9. The summed E-state index contributed by atoms with van der Waals surface area (Å²) < 4.78 is 17.8. The van der Waals surface area contributed by atoms with Crippen LogP contribution in [0.25, 0.3) is 31.9 Å². The van der Waals surface area contributed by atoms with Gasteiger partial charge in [-0.2, -0.15) is 0 Å². The van der Waals surface area contributed by atoms with E-state index in [0.29, 0.717) is 25.6 Å². The van der Waals surface area contributed by atoms with E-state index in [9.17, 15) is 9.59 Å². The lowest BCUT2D eigenvalue weighted by molar-refractivity contribution is 0.0557. The topological polar surface area (TPSA) is 94.1 Å². The number of ether oxygens (including phenoxy) is 3. The maximum Gasteiger partial charge on any atom is 0.415 e. The molecule has 9 nitrogen and oxygen atoms in total. The molecule has 0 aliphatic heterocycles. The van der Waals surface area contributed by atoms with Crippen molar-refractivity contribution in [1.82, 2.24) is 9.97 Å². The number of pyridine rings is 1. The number of nitrogens with zero attached hydrogens (tertiary/aromatic N) is 4. The number of hydrogen-bond acceptors (Lipinski definition) is 8. The van der Waals surface area contributed by atoms with Gasteiger partial charge < -0.3 is 14.2 Å². The monoisotopic (exact) mass is 632 g/mol. The fraction of sp³-hybridized carbons (Fsp3) is 0.429. The molecule has 0 saturated heterocycles. The zero-order chi connectivity index (χ0) is 32.9. The fourth-order valence-corrected chi connectivity index (χ4v) is 5.59. The average Bonchev–Trinajstić information content (AvgIpc) is 3.38. The van der Waals surface area contributed by atoms with Gasteiger partial charge in [-0.05, 0) is 96.3 Å². The zero-order valence-electron chi connectivity index (χ0n) is 27.8. The van der Waals surface area contributed by atoms with Crippen molar-refractivity contribution in [3.05, 3.63) is 60.3 Å². The van der Waals surface area contributed by atoms with Crippen LogP contribution in [0.15, 0.2) is 54.7 Å². The molecule has 2 amide bonds. The summed E-state index contributed by atoms with van der Waals surface area (Å²) >= 11 is 1.58. The minimum absolute atomic E-state index is 0.389. The number of aromatic nitrogens is 2. The highest BCUT2D eigenvalue weighted by Crippen LogP contribution is 2.36. The molecule has 0 unspecified atom stereocenters. The first-order valence-electron chi connectivity index (χ1n) is 15.2. The summed E-state index contributed by atoms with van der Waals surface area (Å²) in [6.45, 7) is 16.7. The van der Waals surface area contributed by atoms with Crippen LogP contribution in [0.3, 0.4) is 0 Å². The predicted octanol–water partition coefficient (Wildman–Crippen LogP) is 8.87. The Morgan fingerprint density at radius 3 is 2.18 bits per heavy atom. The van der Waals surface area contributed by atoms with E-state index in [1.54, 1.807) is 29.5 Å².